The Labute approximate surface area is 166 Å². The number of hydrogen-bond donors (Lipinski definition) is 2. The molecule has 0 spiro atoms. The third-order valence-corrected chi connectivity index (χ3v) is 6.24. The predicted octanol–water partition coefficient (Wildman–Crippen LogP) is 4.28. The number of carboxylic acid groups (broad SMARTS) is 1. The van der Waals surface area contributed by atoms with Crippen LogP contribution in [-0.2, 0) is 17.6 Å². The van der Waals surface area contributed by atoms with Crippen LogP contribution in [0.5, 0.6) is 5.75 Å². The second-order valence-electron chi connectivity index (χ2n) is 8.51. The zero-order valence-electron chi connectivity index (χ0n) is 16.6. The Hall–Kier alpha value is -2.56. The minimum atomic E-state index is -0.722. The van der Waals surface area contributed by atoms with Crippen molar-refractivity contribution in [3.05, 3.63) is 53.2 Å². The highest BCUT2D eigenvalue weighted by Crippen LogP contribution is 2.66. The fraction of sp³-hybridized carbons (Fsp3) is 0.478. The first-order valence-corrected chi connectivity index (χ1v) is 10.1. The van der Waals surface area contributed by atoms with Crippen molar-refractivity contribution in [2.45, 2.75) is 45.4 Å². The van der Waals surface area contributed by atoms with Crippen LogP contribution in [0.2, 0.25) is 0 Å². The smallest absolute Gasteiger partial charge is 0.303 e. The topological polar surface area (TPSA) is 71.5 Å². The van der Waals surface area contributed by atoms with E-state index in [4.69, 9.17) is 14.8 Å². The lowest BCUT2D eigenvalue weighted by Crippen LogP contribution is -2.14. The molecule has 1 aliphatic carbocycles. The lowest BCUT2D eigenvalue weighted by molar-refractivity contribution is -0.137. The van der Waals surface area contributed by atoms with Gasteiger partial charge in [0.1, 0.15) is 11.6 Å². The number of benzene rings is 1. The molecule has 5 heteroatoms. The second-order valence-corrected chi connectivity index (χ2v) is 8.51. The van der Waals surface area contributed by atoms with E-state index in [-0.39, 0.29) is 23.7 Å². The number of pyridine rings is 1. The number of rotatable bonds is 7. The van der Waals surface area contributed by atoms with Crippen LogP contribution in [0.15, 0.2) is 36.4 Å². The molecule has 1 fully saturated rings. The summed E-state index contributed by atoms with van der Waals surface area (Å²) < 4.78 is 5.98. The SMILES string of the molecule is CC1(C)C(CC(=O)O)C1c1cccc(OCCc2ccc3c(n2)NCCC3)c1. The van der Waals surface area contributed by atoms with E-state index in [2.05, 4.69) is 43.4 Å². The molecule has 0 radical (unpaired) electrons. The van der Waals surface area contributed by atoms with Crippen molar-refractivity contribution in [1.29, 1.82) is 0 Å². The van der Waals surface area contributed by atoms with Gasteiger partial charge in [0.05, 0.1) is 6.61 Å². The molecule has 2 atom stereocenters. The molecule has 2 aromatic rings. The Morgan fingerprint density at radius 1 is 1.32 bits per heavy atom. The lowest BCUT2D eigenvalue weighted by Gasteiger charge is -2.17. The molecule has 1 aromatic heterocycles. The van der Waals surface area contributed by atoms with Gasteiger partial charge < -0.3 is 15.2 Å². The van der Waals surface area contributed by atoms with Crippen LogP contribution in [0.4, 0.5) is 5.82 Å². The third-order valence-electron chi connectivity index (χ3n) is 6.24. The fourth-order valence-electron chi connectivity index (χ4n) is 4.55. The largest absolute Gasteiger partial charge is 0.493 e. The van der Waals surface area contributed by atoms with Gasteiger partial charge in [0.25, 0.3) is 0 Å². The van der Waals surface area contributed by atoms with E-state index in [1.165, 1.54) is 17.5 Å². The molecule has 2 aliphatic rings. The number of aliphatic carboxylic acids is 1. The van der Waals surface area contributed by atoms with E-state index in [1.807, 2.05) is 12.1 Å². The number of aryl methyl sites for hydroxylation is 1. The summed E-state index contributed by atoms with van der Waals surface area (Å²) in [6, 6.07) is 12.4. The molecule has 1 saturated carbocycles. The summed E-state index contributed by atoms with van der Waals surface area (Å²) in [5.41, 5.74) is 3.53. The number of ether oxygens (including phenoxy) is 1. The summed E-state index contributed by atoms with van der Waals surface area (Å²) in [7, 11) is 0. The molecule has 2 N–H and O–H groups in total. The second kappa shape index (κ2) is 7.46. The zero-order valence-corrected chi connectivity index (χ0v) is 16.6. The monoisotopic (exact) mass is 380 g/mol. The summed E-state index contributed by atoms with van der Waals surface area (Å²) >= 11 is 0. The minimum absolute atomic E-state index is 0.0249. The number of nitrogens with zero attached hydrogens (tertiary/aromatic N) is 1. The first-order chi connectivity index (χ1) is 13.4. The van der Waals surface area contributed by atoms with Gasteiger partial charge in [-0.15, -0.1) is 0 Å². The van der Waals surface area contributed by atoms with Crippen LogP contribution in [0.3, 0.4) is 0 Å². The Morgan fingerprint density at radius 3 is 3.00 bits per heavy atom. The number of carbonyl (C=O) groups is 1. The Balaban J connectivity index is 1.36. The number of hydrogen-bond acceptors (Lipinski definition) is 4. The molecule has 2 unspecified atom stereocenters. The van der Waals surface area contributed by atoms with Crippen molar-refractivity contribution in [2.24, 2.45) is 11.3 Å². The molecule has 4 rings (SSSR count). The maximum atomic E-state index is 11.1. The minimum Gasteiger partial charge on any atom is -0.493 e. The number of aromatic nitrogens is 1. The average molecular weight is 380 g/mol. The molecule has 0 amide bonds. The summed E-state index contributed by atoms with van der Waals surface area (Å²) in [6.45, 7) is 5.86. The molecule has 1 aliphatic heterocycles. The van der Waals surface area contributed by atoms with E-state index in [1.54, 1.807) is 0 Å². The maximum absolute atomic E-state index is 11.1. The lowest BCUT2D eigenvalue weighted by atomic mass is 10.0. The van der Waals surface area contributed by atoms with Gasteiger partial charge in [0.2, 0.25) is 0 Å². The van der Waals surface area contributed by atoms with E-state index >= 15 is 0 Å². The van der Waals surface area contributed by atoms with Crippen molar-refractivity contribution >= 4 is 11.8 Å². The number of anilines is 1. The molecule has 28 heavy (non-hydrogen) atoms. The average Bonchev–Trinajstić information content (AvgIpc) is 3.21. The first kappa shape index (κ1) is 18.8. The molecule has 2 heterocycles. The summed E-state index contributed by atoms with van der Waals surface area (Å²) in [5, 5.41) is 12.5. The Morgan fingerprint density at radius 2 is 2.18 bits per heavy atom. The van der Waals surface area contributed by atoms with Crippen LogP contribution >= 0.6 is 0 Å². The highest BCUT2D eigenvalue weighted by atomic mass is 16.5. The molecular formula is C23H28N2O3. The number of carboxylic acids is 1. The predicted molar refractivity (Wildman–Crippen MR) is 109 cm³/mol. The normalized spacial score (nSPS) is 22.1. The van der Waals surface area contributed by atoms with Gasteiger partial charge in [0.15, 0.2) is 0 Å². The number of nitrogens with one attached hydrogen (secondary N) is 1. The fourth-order valence-corrected chi connectivity index (χ4v) is 4.55. The molecule has 0 bridgehead atoms. The molecular weight excluding hydrogens is 352 g/mol. The van der Waals surface area contributed by atoms with Gasteiger partial charge in [0, 0.05) is 25.1 Å². The quantitative estimate of drug-likeness (QED) is 0.750. The summed E-state index contributed by atoms with van der Waals surface area (Å²) in [5.74, 6) is 1.60. The first-order valence-electron chi connectivity index (χ1n) is 10.1. The van der Waals surface area contributed by atoms with Crippen LogP contribution in [0, 0.1) is 11.3 Å². The molecule has 0 saturated heterocycles. The van der Waals surface area contributed by atoms with Crippen LogP contribution < -0.4 is 10.1 Å². The van der Waals surface area contributed by atoms with Crippen molar-refractivity contribution < 1.29 is 14.6 Å². The van der Waals surface area contributed by atoms with Crippen LogP contribution in [0.25, 0.3) is 0 Å². The van der Waals surface area contributed by atoms with E-state index in [0.29, 0.717) is 6.61 Å². The van der Waals surface area contributed by atoms with Gasteiger partial charge in [-0.25, -0.2) is 4.98 Å². The van der Waals surface area contributed by atoms with Gasteiger partial charge in [-0.05, 0) is 59.4 Å². The van der Waals surface area contributed by atoms with E-state index in [9.17, 15) is 4.79 Å². The van der Waals surface area contributed by atoms with Gasteiger partial charge in [-0.3, -0.25) is 4.79 Å². The van der Waals surface area contributed by atoms with E-state index < -0.39 is 5.97 Å². The molecule has 148 valence electrons. The standard InChI is InChI=1S/C23H28N2O3/c1-23(2)19(14-20(26)27)21(23)16-5-3-7-18(13-16)28-12-10-17-9-8-15-6-4-11-24-22(15)25-17/h3,5,7-9,13,19,21H,4,6,10-12,14H2,1-2H3,(H,24,25)(H,26,27). The Kier molecular flexibility index (Phi) is 5.00. The summed E-state index contributed by atoms with van der Waals surface area (Å²) in [6.07, 6.45) is 3.24. The van der Waals surface area contributed by atoms with Gasteiger partial charge >= 0.3 is 5.97 Å². The summed E-state index contributed by atoms with van der Waals surface area (Å²) in [4.78, 5) is 15.8. The zero-order chi connectivity index (χ0) is 19.7. The highest BCUT2D eigenvalue weighted by Gasteiger charge is 2.58. The van der Waals surface area contributed by atoms with E-state index in [0.717, 1.165) is 36.6 Å². The molecule has 5 nitrogen and oxygen atoms in total. The third kappa shape index (κ3) is 3.84. The van der Waals surface area contributed by atoms with Crippen LogP contribution in [-0.4, -0.2) is 29.2 Å². The van der Waals surface area contributed by atoms with Crippen LogP contribution in [0.1, 0.15) is 49.4 Å². The van der Waals surface area contributed by atoms with Crippen molar-refractivity contribution in [2.75, 3.05) is 18.5 Å². The highest BCUT2D eigenvalue weighted by molar-refractivity contribution is 5.68. The number of fused-ring (bicyclic) bond motifs is 1. The van der Waals surface area contributed by atoms with Gasteiger partial charge in [-0.1, -0.05) is 32.0 Å². The molecule has 1 aromatic carbocycles. The van der Waals surface area contributed by atoms with Gasteiger partial charge in [-0.2, -0.15) is 0 Å². The Bertz CT molecular complexity index is 878. The maximum Gasteiger partial charge on any atom is 0.303 e. The van der Waals surface area contributed by atoms with Crippen molar-refractivity contribution in [3.63, 3.8) is 0 Å². The van der Waals surface area contributed by atoms with Crippen molar-refractivity contribution in [1.82, 2.24) is 4.98 Å². The van der Waals surface area contributed by atoms with Crippen molar-refractivity contribution in [3.8, 4) is 5.75 Å².